The number of aromatic nitrogens is 2. The average Bonchev–Trinajstić information content (AvgIpc) is 2.38. The van der Waals surface area contributed by atoms with E-state index in [0.29, 0.717) is 10.9 Å². The standard InChI is InChI=1S/C13H10F2N2O2S/c1-7-4-12(19)17-13(16-7)20-6-11(18)8-2-3-9(14)10(15)5-8/h2-5H,6H2,1H3,(H,16,17,19). The van der Waals surface area contributed by atoms with Crippen LogP contribution in [0.1, 0.15) is 16.1 Å². The Morgan fingerprint density at radius 2 is 2.05 bits per heavy atom. The lowest BCUT2D eigenvalue weighted by Gasteiger charge is -2.02. The lowest BCUT2D eigenvalue weighted by Crippen LogP contribution is -2.10. The largest absolute Gasteiger partial charge is 0.301 e. The highest BCUT2D eigenvalue weighted by molar-refractivity contribution is 7.99. The summed E-state index contributed by atoms with van der Waals surface area (Å²) in [5.41, 5.74) is 0.309. The zero-order valence-corrected chi connectivity index (χ0v) is 11.3. The van der Waals surface area contributed by atoms with Gasteiger partial charge in [0.2, 0.25) is 0 Å². The topological polar surface area (TPSA) is 62.8 Å². The minimum atomic E-state index is -1.07. The van der Waals surface area contributed by atoms with Crippen molar-refractivity contribution in [3.05, 3.63) is 57.5 Å². The van der Waals surface area contributed by atoms with Gasteiger partial charge in [0.1, 0.15) is 0 Å². The van der Waals surface area contributed by atoms with Gasteiger partial charge in [0.05, 0.1) is 5.75 Å². The van der Waals surface area contributed by atoms with Gasteiger partial charge in [-0.1, -0.05) is 11.8 Å². The highest BCUT2D eigenvalue weighted by atomic mass is 32.2. The van der Waals surface area contributed by atoms with Gasteiger partial charge in [-0.15, -0.1) is 0 Å². The second kappa shape index (κ2) is 5.96. The molecule has 7 heteroatoms. The molecule has 104 valence electrons. The number of H-pyrrole nitrogens is 1. The number of aromatic amines is 1. The number of rotatable bonds is 4. The number of benzene rings is 1. The summed E-state index contributed by atoms with van der Waals surface area (Å²) in [5.74, 6) is -2.47. The van der Waals surface area contributed by atoms with Crippen LogP contribution in [-0.2, 0) is 0 Å². The van der Waals surface area contributed by atoms with Crippen molar-refractivity contribution in [3.63, 3.8) is 0 Å². The Bertz CT molecular complexity index is 716. The van der Waals surface area contributed by atoms with Crippen LogP contribution in [-0.4, -0.2) is 21.5 Å². The lowest BCUT2D eigenvalue weighted by molar-refractivity contribution is 0.102. The molecule has 20 heavy (non-hydrogen) atoms. The number of nitrogens with one attached hydrogen (secondary N) is 1. The zero-order valence-electron chi connectivity index (χ0n) is 10.4. The Morgan fingerprint density at radius 3 is 2.70 bits per heavy atom. The maximum atomic E-state index is 13.0. The summed E-state index contributed by atoms with van der Waals surface area (Å²) in [5, 5.41) is 0.311. The molecule has 0 amide bonds. The van der Waals surface area contributed by atoms with E-state index in [0.717, 1.165) is 23.9 Å². The quantitative estimate of drug-likeness (QED) is 0.534. The number of Topliss-reactive ketones (excluding diaryl/α,β-unsaturated/α-hetero) is 1. The predicted molar refractivity (Wildman–Crippen MR) is 71.0 cm³/mol. The molecule has 0 unspecified atom stereocenters. The van der Waals surface area contributed by atoms with E-state index in [4.69, 9.17) is 0 Å². The summed E-state index contributed by atoms with van der Waals surface area (Å²) in [6, 6.07) is 4.31. The highest BCUT2D eigenvalue weighted by Gasteiger charge is 2.11. The second-order valence-electron chi connectivity index (χ2n) is 4.03. The molecule has 1 aromatic carbocycles. The number of aryl methyl sites for hydroxylation is 1. The molecule has 0 spiro atoms. The van der Waals surface area contributed by atoms with Crippen LogP contribution in [0, 0.1) is 18.6 Å². The summed E-state index contributed by atoms with van der Waals surface area (Å²) in [6.45, 7) is 1.66. The van der Waals surface area contributed by atoms with Crippen LogP contribution in [0.25, 0.3) is 0 Å². The van der Waals surface area contributed by atoms with Gasteiger partial charge in [-0.2, -0.15) is 0 Å². The first-order chi connectivity index (χ1) is 9.45. The van der Waals surface area contributed by atoms with Crippen LogP contribution < -0.4 is 5.56 Å². The van der Waals surface area contributed by atoms with Crippen molar-refractivity contribution < 1.29 is 13.6 Å². The third kappa shape index (κ3) is 3.51. The molecular formula is C13H10F2N2O2S. The Hall–Kier alpha value is -2.02. The van der Waals surface area contributed by atoms with Crippen molar-refractivity contribution >= 4 is 17.5 Å². The van der Waals surface area contributed by atoms with Crippen molar-refractivity contribution in [3.8, 4) is 0 Å². The number of carbonyl (C=O) groups is 1. The van der Waals surface area contributed by atoms with Crippen LogP contribution in [0.5, 0.6) is 0 Å². The Labute approximate surface area is 117 Å². The van der Waals surface area contributed by atoms with Gasteiger partial charge < -0.3 is 4.98 Å². The van der Waals surface area contributed by atoms with Crippen LogP contribution in [0.2, 0.25) is 0 Å². The minimum absolute atomic E-state index is 0.0303. The molecule has 0 saturated heterocycles. The van der Waals surface area contributed by atoms with Crippen molar-refractivity contribution in [1.29, 1.82) is 0 Å². The van der Waals surface area contributed by atoms with E-state index in [9.17, 15) is 18.4 Å². The van der Waals surface area contributed by atoms with E-state index in [1.165, 1.54) is 12.1 Å². The van der Waals surface area contributed by atoms with Gasteiger partial charge in [0.15, 0.2) is 22.6 Å². The highest BCUT2D eigenvalue weighted by Crippen LogP contribution is 2.15. The first-order valence-corrected chi connectivity index (χ1v) is 6.63. The molecule has 2 aromatic rings. The van der Waals surface area contributed by atoms with Crippen molar-refractivity contribution in [2.75, 3.05) is 5.75 Å². The van der Waals surface area contributed by atoms with E-state index in [-0.39, 0.29) is 22.7 Å². The normalized spacial score (nSPS) is 10.6. The molecule has 0 atom stereocenters. The van der Waals surface area contributed by atoms with Crippen LogP contribution in [0.4, 0.5) is 8.78 Å². The summed E-state index contributed by atoms with van der Waals surface area (Å²) in [7, 11) is 0. The molecule has 2 rings (SSSR count). The summed E-state index contributed by atoms with van der Waals surface area (Å²) >= 11 is 1.03. The fourth-order valence-electron chi connectivity index (χ4n) is 1.51. The molecule has 0 saturated carbocycles. The molecule has 0 bridgehead atoms. The van der Waals surface area contributed by atoms with Crippen molar-refractivity contribution in [1.82, 2.24) is 9.97 Å². The predicted octanol–water partition coefficient (Wildman–Crippen LogP) is 2.33. The van der Waals surface area contributed by atoms with Crippen LogP contribution >= 0.6 is 11.8 Å². The minimum Gasteiger partial charge on any atom is -0.301 e. The lowest BCUT2D eigenvalue weighted by atomic mass is 10.1. The zero-order chi connectivity index (χ0) is 14.7. The van der Waals surface area contributed by atoms with Gasteiger partial charge in [-0.3, -0.25) is 9.59 Å². The van der Waals surface area contributed by atoms with E-state index in [1.807, 2.05) is 0 Å². The third-order valence-electron chi connectivity index (χ3n) is 2.43. The molecule has 4 nitrogen and oxygen atoms in total. The molecular weight excluding hydrogens is 286 g/mol. The van der Waals surface area contributed by atoms with Gasteiger partial charge in [0.25, 0.3) is 5.56 Å². The smallest absolute Gasteiger partial charge is 0.251 e. The molecule has 0 aliphatic carbocycles. The number of carbonyl (C=O) groups excluding carboxylic acids is 1. The Balaban J connectivity index is 2.08. The third-order valence-corrected chi connectivity index (χ3v) is 3.30. The first-order valence-electron chi connectivity index (χ1n) is 5.65. The number of nitrogens with zero attached hydrogens (tertiary/aromatic N) is 1. The summed E-state index contributed by atoms with van der Waals surface area (Å²) < 4.78 is 25.8. The van der Waals surface area contributed by atoms with Gasteiger partial charge in [0, 0.05) is 17.3 Å². The van der Waals surface area contributed by atoms with Gasteiger partial charge >= 0.3 is 0 Å². The first kappa shape index (κ1) is 14.4. The van der Waals surface area contributed by atoms with E-state index in [2.05, 4.69) is 9.97 Å². The van der Waals surface area contributed by atoms with E-state index in [1.54, 1.807) is 6.92 Å². The number of thioether (sulfide) groups is 1. The molecule has 1 N–H and O–H groups in total. The number of hydrogen-bond acceptors (Lipinski definition) is 4. The monoisotopic (exact) mass is 296 g/mol. The maximum absolute atomic E-state index is 13.0. The van der Waals surface area contributed by atoms with E-state index < -0.39 is 11.6 Å². The Kier molecular flexibility index (Phi) is 4.29. The SMILES string of the molecule is Cc1cc(=O)[nH]c(SCC(=O)c2ccc(F)c(F)c2)n1. The molecule has 1 aromatic heterocycles. The van der Waals surface area contributed by atoms with Crippen molar-refractivity contribution in [2.45, 2.75) is 12.1 Å². The molecule has 0 fully saturated rings. The fourth-order valence-corrected chi connectivity index (χ4v) is 2.32. The molecule has 0 aliphatic rings. The molecule has 1 heterocycles. The number of halogens is 2. The maximum Gasteiger partial charge on any atom is 0.251 e. The summed E-state index contributed by atoms with van der Waals surface area (Å²) in [4.78, 5) is 29.6. The summed E-state index contributed by atoms with van der Waals surface area (Å²) in [6.07, 6.45) is 0. The second-order valence-corrected chi connectivity index (χ2v) is 5.00. The number of hydrogen-bond donors (Lipinski definition) is 1. The van der Waals surface area contributed by atoms with Crippen LogP contribution in [0.15, 0.2) is 34.2 Å². The average molecular weight is 296 g/mol. The number of ketones is 1. The van der Waals surface area contributed by atoms with Gasteiger partial charge in [-0.25, -0.2) is 13.8 Å². The molecule has 0 aliphatic heterocycles. The van der Waals surface area contributed by atoms with E-state index >= 15 is 0 Å². The molecule has 0 radical (unpaired) electrons. The van der Waals surface area contributed by atoms with Crippen LogP contribution in [0.3, 0.4) is 0 Å². The fraction of sp³-hybridized carbons (Fsp3) is 0.154. The van der Waals surface area contributed by atoms with Gasteiger partial charge in [-0.05, 0) is 25.1 Å². The Morgan fingerprint density at radius 1 is 1.30 bits per heavy atom. The van der Waals surface area contributed by atoms with Crippen molar-refractivity contribution in [2.24, 2.45) is 0 Å².